The summed E-state index contributed by atoms with van der Waals surface area (Å²) in [5.74, 6) is -0.214. The molecule has 2 unspecified atom stereocenters. The molecule has 0 amide bonds. The second kappa shape index (κ2) is 4.91. The summed E-state index contributed by atoms with van der Waals surface area (Å²) >= 11 is 0. The Balaban J connectivity index is 2.27. The van der Waals surface area contributed by atoms with Gasteiger partial charge in [-0.05, 0) is 43.0 Å². The lowest BCUT2D eigenvalue weighted by atomic mass is 9.79. The summed E-state index contributed by atoms with van der Waals surface area (Å²) in [5, 5.41) is 3.32. The normalized spacial score (nSPS) is 25.7. The van der Waals surface area contributed by atoms with Crippen molar-refractivity contribution in [3.63, 3.8) is 0 Å². The van der Waals surface area contributed by atoms with E-state index < -0.39 is 11.6 Å². The first-order valence-electron chi connectivity index (χ1n) is 5.88. The topological polar surface area (TPSA) is 12.0 Å². The van der Waals surface area contributed by atoms with Crippen LogP contribution in [0.3, 0.4) is 0 Å². The lowest BCUT2D eigenvalue weighted by Crippen LogP contribution is -2.35. The van der Waals surface area contributed by atoms with Gasteiger partial charge >= 0.3 is 0 Å². The first kappa shape index (κ1) is 11.5. The zero-order chi connectivity index (χ0) is 11.5. The van der Waals surface area contributed by atoms with Gasteiger partial charge in [-0.1, -0.05) is 19.4 Å². The highest BCUT2D eigenvalue weighted by atomic mass is 19.1. The number of rotatable bonds is 2. The van der Waals surface area contributed by atoms with E-state index in [1.54, 1.807) is 6.07 Å². The van der Waals surface area contributed by atoms with Crippen molar-refractivity contribution in [2.24, 2.45) is 5.92 Å². The maximum Gasteiger partial charge on any atom is 0.129 e. The Morgan fingerprint density at radius 3 is 2.88 bits per heavy atom. The fourth-order valence-corrected chi connectivity index (χ4v) is 2.56. The molecule has 0 saturated carbocycles. The van der Waals surface area contributed by atoms with Crippen molar-refractivity contribution < 1.29 is 8.78 Å². The summed E-state index contributed by atoms with van der Waals surface area (Å²) in [7, 11) is 0. The van der Waals surface area contributed by atoms with E-state index in [2.05, 4.69) is 12.2 Å². The highest BCUT2D eigenvalue weighted by molar-refractivity contribution is 5.24. The van der Waals surface area contributed by atoms with E-state index in [0.29, 0.717) is 11.5 Å². The first-order chi connectivity index (χ1) is 7.72. The van der Waals surface area contributed by atoms with Gasteiger partial charge in [0.25, 0.3) is 0 Å². The van der Waals surface area contributed by atoms with E-state index in [-0.39, 0.29) is 5.92 Å². The fourth-order valence-electron chi connectivity index (χ4n) is 2.56. The van der Waals surface area contributed by atoms with Gasteiger partial charge in [0, 0.05) is 6.07 Å². The lowest BCUT2D eigenvalue weighted by molar-refractivity contribution is 0.311. The third-order valence-electron chi connectivity index (χ3n) is 3.49. The molecule has 0 bridgehead atoms. The predicted octanol–water partition coefficient (Wildman–Crippen LogP) is 3.07. The highest BCUT2D eigenvalue weighted by Gasteiger charge is 2.27. The van der Waals surface area contributed by atoms with Crippen molar-refractivity contribution in [2.75, 3.05) is 13.1 Å². The van der Waals surface area contributed by atoms with Gasteiger partial charge in [-0.3, -0.25) is 0 Å². The van der Waals surface area contributed by atoms with E-state index in [9.17, 15) is 8.78 Å². The number of benzene rings is 1. The van der Waals surface area contributed by atoms with Crippen LogP contribution < -0.4 is 5.32 Å². The van der Waals surface area contributed by atoms with Crippen LogP contribution in [-0.4, -0.2) is 13.1 Å². The Kier molecular flexibility index (Phi) is 3.54. The zero-order valence-electron chi connectivity index (χ0n) is 9.47. The molecule has 1 heterocycles. The standard InChI is InChI=1S/C13H17F2N/c1-2-9-8-16-6-5-11(9)12-4-3-10(14)7-13(12)15/h3-4,7,9,11,16H,2,5-6,8H2,1H3. The Labute approximate surface area is 94.9 Å². The minimum Gasteiger partial charge on any atom is -0.316 e. The fraction of sp³-hybridized carbons (Fsp3) is 0.538. The van der Waals surface area contributed by atoms with Gasteiger partial charge in [-0.2, -0.15) is 0 Å². The van der Waals surface area contributed by atoms with Crippen LogP contribution in [0.15, 0.2) is 18.2 Å². The lowest BCUT2D eigenvalue weighted by Gasteiger charge is -2.32. The smallest absolute Gasteiger partial charge is 0.129 e. The van der Waals surface area contributed by atoms with Crippen LogP contribution in [0.2, 0.25) is 0 Å². The average Bonchev–Trinajstić information content (AvgIpc) is 2.29. The van der Waals surface area contributed by atoms with Crippen molar-refractivity contribution in [2.45, 2.75) is 25.7 Å². The van der Waals surface area contributed by atoms with E-state index in [1.807, 2.05) is 0 Å². The number of nitrogens with one attached hydrogen (secondary N) is 1. The van der Waals surface area contributed by atoms with E-state index in [0.717, 1.165) is 32.0 Å². The molecular formula is C13H17F2N. The third kappa shape index (κ3) is 2.24. The van der Waals surface area contributed by atoms with Crippen molar-refractivity contribution in [1.29, 1.82) is 0 Å². The summed E-state index contributed by atoms with van der Waals surface area (Å²) in [6.45, 7) is 3.96. The monoisotopic (exact) mass is 225 g/mol. The van der Waals surface area contributed by atoms with Gasteiger partial charge in [0.15, 0.2) is 0 Å². The Morgan fingerprint density at radius 1 is 1.38 bits per heavy atom. The van der Waals surface area contributed by atoms with Crippen LogP contribution >= 0.6 is 0 Å². The van der Waals surface area contributed by atoms with Gasteiger partial charge < -0.3 is 5.32 Å². The van der Waals surface area contributed by atoms with Crippen LogP contribution in [0.5, 0.6) is 0 Å². The number of hydrogen-bond donors (Lipinski definition) is 1. The Morgan fingerprint density at radius 2 is 2.19 bits per heavy atom. The van der Waals surface area contributed by atoms with Crippen molar-refractivity contribution in [1.82, 2.24) is 5.32 Å². The minimum atomic E-state index is -0.497. The first-order valence-corrected chi connectivity index (χ1v) is 5.88. The number of hydrogen-bond acceptors (Lipinski definition) is 1. The molecule has 2 rings (SSSR count). The molecule has 0 spiro atoms. The molecule has 1 saturated heterocycles. The molecule has 1 N–H and O–H groups in total. The summed E-state index contributed by atoms with van der Waals surface area (Å²) < 4.78 is 26.5. The molecule has 0 aromatic heterocycles. The third-order valence-corrected chi connectivity index (χ3v) is 3.49. The summed E-state index contributed by atoms with van der Waals surface area (Å²) in [5.41, 5.74) is 0.676. The Hall–Kier alpha value is -0.960. The molecule has 2 atom stereocenters. The van der Waals surface area contributed by atoms with Crippen LogP contribution in [0.25, 0.3) is 0 Å². The molecule has 16 heavy (non-hydrogen) atoms. The molecule has 1 fully saturated rings. The van der Waals surface area contributed by atoms with E-state index in [1.165, 1.54) is 6.07 Å². The molecule has 3 heteroatoms. The number of halogens is 2. The van der Waals surface area contributed by atoms with Crippen molar-refractivity contribution in [3.05, 3.63) is 35.4 Å². The van der Waals surface area contributed by atoms with Crippen LogP contribution in [-0.2, 0) is 0 Å². The van der Waals surface area contributed by atoms with Gasteiger partial charge in [-0.25, -0.2) is 8.78 Å². The van der Waals surface area contributed by atoms with Gasteiger partial charge in [0.05, 0.1) is 0 Å². The molecular weight excluding hydrogens is 208 g/mol. The van der Waals surface area contributed by atoms with Gasteiger partial charge in [-0.15, -0.1) is 0 Å². The Bertz CT molecular complexity index is 365. The molecule has 88 valence electrons. The molecule has 1 aromatic rings. The predicted molar refractivity (Wildman–Crippen MR) is 60.4 cm³/mol. The number of piperidine rings is 1. The van der Waals surface area contributed by atoms with Crippen molar-refractivity contribution in [3.8, 4) is 0 Å². The SMILES string of the molecule is CCC1CNCCC1c1ccc(F)cc1F. The van der Waals surface area contributed by atoms with Gasteiger partial charge in [0.2, 0.25) is 0 Å². The molecule has 1 aliphatic heterocycles. The van der Waals surface area contributed by atoms with Crippen LogP contribution in [0.1, 0.15) is 31.2 Å². The minimum absolute atomic E-state index is 0.229. The largest absolute Gasteiger partial charge is 0.316 e. The second-order valence-electron chi connectivity index (χ2n) is 4.43. The maximum atomic E-state index is 13.7. The molecule has 1 aromatic carbocycles. The van der Waals surface area contributed by atoms with Crippen LogP contribution in [0, 0.1) is 17.6 Å². The summed E-state index contributed by atoms with van der Waals surface area (Å²) in [4.78, 5) is 0. The second-order valence-corrected chi connectivity index (χ2v) is 4.43. The molecule has 0 aliphatic carbocycles. The molecule has 1 aliphatic rings. The molecule has 0 radical (unpaired) electrons. The van der Waals surface area contributed by atoms with Gasteiger partial charge in [0.1, 0.15) is 11.6 Å². The average molecular weight is 225 g/mol. The van der Waals surface area contributed by atoms with E-state index >= 15 is 0 Å². The maximum absolute atomic E-state index is 13.7. The zero-order valence-corrected chi connectivity index (χ0v) is 9.47. The molecule has 1 nitrogen and oxygen atoms in total. The highest BCUT2D eigenvalue weighted by Crippen LogP contribution is 2.33. The summed E-state index contributed by atoms with van der Waals surface area (Å²) in [6, 6.07) is 3.95. The van der Waals surface area contributed by atoms with E-state index in [4.69, 9.17) is 0 Å². The van der Waals surface area contributed by atoms with Crippen LogP contribution in [0.4, 0.5) is 8.78 Å². The quantitative estimate of drug-likeness (QED) is 0.815. The van der Waals surface area contributed by atoms with Crippen molar-refractivity contribution >= 4 is 0 Å². The summed E-state index contributed by atoms with van der Waals surface area (Å²) in [6.07, 6.45) is 1.95.